The van der Waals surface area contributed by atoms with Gasteiger partial charge in [-0.1, -0.05) is 31.6 Å². The molecule has 1 aliphatic heterocycles. The summed E-state index contributed by atoms with van der Waals surface area (Å²) in [5, 5.41) is 40.0. The van der Waals surface area contributed by atoms with Crippen LogP contribution in [-0.2, 0) is 14.3 Å². The van der Waals surface area contributed by atoms with Crippen LogP contribution in [0, 0.1) is 28.1 Å². The van der Waals surface area contributed by atoms with Crippen LogP contribution < -0.4 is 0 Å². The molecule has 4 N–H and O–H groups in total. The van der Waals surface area contributed by atoms with Crippen molar-refractivity contribution >= 4 is 5.97 Å². The van der Waals surface area contributed by atoms with Crippen LogP contribution in [-0.4, -0.2) is 63.7 Å². The van der Waals surface area contributed by atoms with Gasteiger partial charge in [0.15, 0.2) is 0 Å². The third-order valence-electron chi connectivity index (χ3n) is 9.96. The van der Waals surface area contributed by atoms with Crippen molar-refractivity contribution in [2.75, 3.05) is 6.61 Å². The maximum Gasteiger partial charge on any atom is 0.314 e. The van der Waals surface area contributed by atoms with E-state index in [1.165, 1.54) is 5.57 Å². The van der Waals surface area contributed by atoms with Gasteiger partial charge in [0.1, 0.15) is 24.4 Å². The Labute approximate surface area is 202 Å². The molecule has 4 rings (SSSR count). The van der Waals surface area contributed by atoms with E-state index < -0.39 is 48.7 Å². The number of ether oxygens (including phenoxy) is 2. The molecule has 0 aromatic rings. The first kappa shape index (κ1) is 25.8. The minimum absolute atomic E-state index is 0.0571. The molecule has 1 heterocycles. The van der Waals surface area contributed by atoms with Gasteiger partial charge in [0, 0.05) is 0 Å². The number of carbonyl (C=O) groups is 1. The van der Waals surface area contributed by atoms with Gasteiger partial charge >= 0.3 is 5.97 Å². The van der Waals surface area contributed by atoms with Crippen LogP contribution in [0.1, 0.15) is 71.6 Å². The fraction of sp³-hybridized carbons (Fsp3) is 0.815. The lowest BCUT2D eigenvalue weighted by molar-refractivity contribution is -0.297. The quantitative estimate of drug-likeness (QED) is 0.355. The highest BCUT2D eigenvalue weighted by Gasteiger charge is 2.63. The Kier molecular flexibility index (Phi) is 7.08. The van der Waals surface area contributed by atoms with Gasteiger partial charge in [0.2, 0.25) is 6.29 Å². The van der Waals surface area contributed by atoms with Crippen molar-refractivity contribution in [1.29, 1.82) is 0 Å². The molecule has 0 aromatic heterocycles. The van der Waals surface area contributed by atoms with Gasteiger partial charge in [-0.2, -0.15) is 0 Å². The average Bonchev–Trinajstić information content (AvgIpc) is 3.17. The monoisotopic (exact) mass is 478 g/mol. The second-order valence-electron chi connectivity index (χ2n) is 11.8. The lowest BCUT2D eigenvalue weighted by Crippen LogP contribution is -2.61. The summed E-state index contributed by atoms with van der Waals surface area (Å²) in [6.45, 7) is 12.1. The van der Waals surface area contributed by atoms with Crippen LogP contribution in [0.3, 0.4) is 0 Å². The van der Waals surface area contributed by atoms with Gasteiger partial charge in [0.25, 0.3) is 0 Å². The number of hydrogen-bond acceptors (Lipinski definition) is 7. The lowest BCUT2D eigenvalue weighted by atomic mass is 9.42. The van der Waals surface area contributed by atoms with Crippen molar-refractivity contribution < 1.29 is 34.7 Å². The zero-order valence-electron chi connectivity index (χ0n) is 20.6. The molecule has 0 bridgehead atoms. The van der Waals surface area contributed by atoms with Gasteiger partial charge in [-0.15, -0.1) is 6.58 Å². The van der Waals surface area contributed by atoms with E-state index in [9.17, 15) is 25.2 Å². The van der Waals surface area contributed by atoms with Crippen LogP contribution >= 0.6 is 0 Å². The minimum atomic E-state index is -1.59. The zero-order valence-corrected chi connectivity index (χ0v) is 20.6. The van der Waals surface area contributed by atoms with Crippen molar-refractivity contribution in [3.63, 3.8) is 0 Å². The smallest absolute Gasteiger partial charge is 0.314 e. The second-order valence-corrected chi connectivity index (χ2v) is 11.8. The predicted molar refractivity (Wildman–Crippen MR) is 126 cm³/mol. The topological polar surface area (TPSA) is 116 Å². The van der Waals surface area contributed by atoms with E-state index in [1.54, 1.807) is 0 Å². The third-order valence-corrected chi connectivity index (χ3v) is 9.96. The van der Waals surface area contributed by atoms with Crippen molar-refractivity contribution in [3.05, 3.63) is 24.8 Å². The largest absolute Gasteiger partial charge is 0.432 e. The van der Waals surface area contributed by atoms with Gasteiger partial charge in [-0.05, 0) is 81.0 Å². The van der Waals surface area contributed by atoms with Gasteiger partial charge in [-0.3, -0.25) is 4.79 Å². The number of carbonyl (C=O) groups excluding carboxylic acids is 1. The minimum Gasteiger partial charge on any atom is -0.432 e. The Morgan fingerprint density at radius 1 is 1.15 bits per heavy atom. The molecular formula is C27H42O7. The summed E-state index contributed by atoms with van der Waals surface area (Å²) in [7, 11) is 0. The fourth-order valence-corrected chi connectivity index (χ4v) is 8.23. The molecule has 3 saturated carbocycles. The highest BCUT2D eigenvalue weighted by Crippen LogP contribution is 2.69. The summed E-state index contributed by atoms with van der Waals surface area (Å²) < 4.78 is 11.2. The van der Waals surface area contributed by atoms with E-state index in [0.29, 0.717) is 12.3 Å². The second kappa shape index (κ2) is 9.32. The summed E-state index contributed by atoms with van der Waals surface area (Å²) in [5.74, 6) is 0.0719. The molecule has 7 unspecified atom stereocenters. The van der Waals surface area contributed by atoms with Gasteiger partial charge in [0.05, 0.1) is 12.0 Å². The molecule has 0 radical (unpaired) electrons. The van der Waals surface area contributed by atoms with Crippen LogP contribution in [0.4, 0.5) is 0 Å². The molecule has 4 aliphatic rings. The molecule has 10 atom stereocenters. The summed E-state index contributed by atoms with van der Waals surface area (Å²) in [6, 6.07) is 0. The number of aliphatic hydroxyl groups is 4. The van der Waals surface area contributed by atoms with E-state index in [0.717, 1.165) is 51.4 Å². The summed E-state index contributed by atoms with van der Waals surface area (Å²) >= 11 is 0. The zero-order chi connectivity index (χ0) is 24.9. The molecule has 7 heteroatoms. The Morgan fingerprint density at radius 2 is 1.88 bits per heavy atom. The fourth-order valence-electron chi connectivity index (χ4n) is 8.23. The SMILES string of the molecule is C=CCC1[C@@]2(CCC(=C)C2)CCC2[C@@]1(C)CCC[C@@]2(C)C(=O)OC1OC(CO)C(O)C(O)C1O. The number of esters is 1. The lowest BCUT2D eigenvalue weighted by Gasteiger charge is -2.62. The number of fused-ring (bicyclic) bond motifs is 1. The van der Waals surface area contributed by atoms with Gasteiger partial charge in [-0.25, -0.2) is 0 Å². The Morgan fingerprint density at radius 3 is 2.50 bits per heavy atom. The van der Waals surface area contributed by atoms with Crippen LogP contribution in [0.15, 0.2) is 24.8 Å². The molecule has 0 amide bonds. The molecule has 0 aromatic carbocycles. The Hall–Kier alpha value is -1.25. The molecule has 192 valence electrons. The normalized spacial score (nSPS) is 49.0. The van der Waals surface area contributed by atoms with E-state index in [-0.39, 0.29) is 16.7 Å². The highest BCUT2D eigenvalue weighted by molar-refractivity contribution is 5.77. The number of allylic oxidation sites excluding steroid dienone is 2. The summed E-state index contributed by atoms with van der Waals surface area (Å²) in [4.78, 5) is 13.7. The number of hydrogen-bond donors (Lipinski definition) is 4. The molecule has 7 nitrogen and oxygen atoms in total. The van der Waals surface area contributed by atoms with E-state index in [4.69, 9.17) is 9.47 Å². The first-order valence-electron chi connectivity index (χ1n) is 12.8. The predicted octanol–water partition coefficient (Wildman–Crippen LogP) is 2.85. The van der Waals surface area contributed by atoms with Crippen molar-refractivity contribution in [2.24, 2.45) is 28.1 Å². The molecular weight excluding hydrogens is 436 g/mol. The van der Waals surface area contributed by atoms with E-state index in [2.05, 4.69) is 20.1 Å². The number of aliphatic hydroxyl groups excluding tert-OH is 4. The Balaban J connectivity index is 1.59. The maximum absolute atomic E-state index is 13.7. The van der Waals surface area contributed by atoms with Crippen molar-refractivity contribution in [1.82, 2.24) is 0 Å². The first-order valence-corrected chi connectivity index (χ1v) is 12.8. The number of rotatable bonds is 5. The summed E-state index contributed by atoms with van der Waals surface area (Å²) in [5.41, 5.74) is 0.730. The van der Waals surface area contributed by atoms with Crippen LogP contribution in [0.25, 0.3) is 0 Å². The highest BCUT2D eigenvalue weighted by atomic mass is 16.7. The molecule has 3 aliphatic carbocycles. The van der Waals surface area contributed by atoms with Gasteiger partial charge < -0.3 is 29.9 Å². The molecule has 34 heavy (non-hydrogen) atoms. The van der Waals surface area contributed by atoms with E-state index >= 15 is 0 Å². The first-order chi connectivity index (χ1) is 16.0. The van der Waals surface area contributed by atoms with Crippen molar-refractivity contribution in [3.8, 4) is 0 Å². The third kappa shape index (κ3) is 3.97. The van der Waals surface area contributed by atoms with E-state index in [1.807, 2.05) is 13.0 Å². The van der Waals surface area contributed by atoms with Crippen LogP contribution in [0.2, 0.25) is 0 Å². The standard InChI is InChI=1S/C27H42O7/c1-5-7-19-25(3)10-6-11-26(4,18(25)9-13-27(19)12-8-16(2)14-27)24(32)34-23-22(31)21(30)20(29)17(15-28)33-23/h5,17-23,28-31H,1-2,6-15H2,3-4H3/t17?,18?,19?,20?,21?,22?,23?,25-,26-,27+/m1/s1. The van der Waals surface area contributed by atoms with Crippen molar-refractivity contribution in [2.45, 2.75) is 102 Å². The molecule has 1 saturated heterocycles. The molecule has 4 fully saturated rings. The van der Waals surface area contributed by atoms with Crippen LogP contribution in [0.5, 0.6) is 0 Å². The Bertz CT molecular complexity index is 811. The summed E-state index contributed by atoms with van der Waals surface area (Å²) in [6.07, 6.45) is 3.64. The average molecular weight is 479 g/mol. The maximum atomic E-state index is 13.7. The molecule has 1 spiro atoms.